The summed E-state index contributed by atoms with van der Waals surface area (Å²) in [6, 6.07) is 3.21. The molecule has 0 bridgehead atoms. The summed E-state index contributed by atoms with van der Waals surface area (Å²) < 4.78 is 10.3. The van der Waals surface area contributed by atoms with Crippen LogP contribution < -0.4 is 5.46 Å². The van der Waals surface area contributed by atoms with Crippen molar-refractivity contribution in [2.45, 2.75) is 26.4 Å². The lowest BCUT2D eigenvalue weighted by Crippen LogP contribution is -2.29. The molecule has 0 saturated heterocycles. The maximum absolute atomic E-state index is 12.0. The first-order chi connectivity index (χ1) is 10.1. The fourth-order valence-electron chi connectivity index (χ4n) is 2.02. The van der Waals surface area contributed by atoms with Gasteiger partial charge >= 0.3 is 13.1 Å². The maximum Gasteiger partial charge on any atom is 0.491 e. The molecule has 0 unspecified atom stereocenters. The number of unbranched alkanes of at least 4 members (excludes halogenated alkanes) is 1. The summed E-state index contributed by atoms with van der Waals surface area (Å²) in [4.78, 5) is 12.0. The van der Waals surface area contributed by atoms with Crippen LogP contribution in [-0.4, -0.2) is 36.2 Å². The Hall–Kier alpha value is -0.685. The molecule has 0 radical (unpaired) electrons. The van der Waals surface area contributed by atoms with E-state index in [9.17, 15) is 9.82 Å². The van der Waals surface area contributed by atoms with Gasteiger partial charge in [-0.3, -0.25) is 0 Å². The number of carbonyl (C=O) groups is 1. The molecule has 1 aromatic carbocycles. The minimum absolute atomic E-state index is 0.276. The van der Waals surface area contributed by atoms with Crippen LogP contribution in [0.3, 0.4) is 0 Å². The van der Waals surface area contributed by atoms with Crippen molar-refractivity contribution < 1.29 is 19.2 Å². The molecule has 114 valence electrons. The second-order valence-electron chi connectivity index (χ2n) is 4.80. The highest BCUT2D eigenvalue weighted by atomic mass is 35.5. The average Bonchev–Trinajstić information content (AvgIpc) is 2.82. The molecule has 0 fully saturated rings. The summed E-state index contributed by atoms with van der Waals surface area (Å²) in [6.07, 6.45) is 2.34. The van der Waals surface area contributed by atoms with Gasteiger partial charge in [0.2, 0.25) is 0 Å². The molecule has 0 saturated carbocycles. The molecule has 0 atom stereocenters. The minimum Gasteiger partial charge on any atom is -0.461 e. The van der Waals surface area contributed by atoms with Crippen LogP contribution in [-0.2, 0) is 16.0 Å². The summed E-state index contributed by atoms with van der Waals surface area (Å²) >= 11 is 7.86. The molecular formula is C14H18BClO4S. The van der Waals surface area contributed by atoms with Gasteiger partial charge in [-0.15, -0.1) is 0 Å². The van der Waals surface area contributed by atoms with Gasteiger partial charge in [0.25, 0.3) is 0 Å². The van der Waals surface area contributed by atoms with E-state index in [4.69, 9.17) is 21.0 Å². The van der Waals surface area contributed by atoms with Gasteiger partial charge in [0.15, 0.2) is 0 Å². The van der Waals surface area contributed by atoms with Crippen LogP contribution in [0.4, 0.5) is 0 Å². The first-order valence-electron chi connectivity index (χ1n) is 7.00. The zero-order valence-electron chi connectivity index (χ0n) is 11.9. The van der Waals surface area contributed by atoms with E-state index in [-0.39, 0.29) is 5.56 Å². The van der Waals surface area contributed by atoms with E-state index in [0.29, 0.717) is 23.7 Å². The zero-order valence-corrected chi connectivity index (χ0v) is 13.5. The van der Waals surface area contributed by atoms with Crippen molar-refractivity contribution in [3.8, 4) is 0 Å². The number of hydrogen-bond donors (Lipinski definition) is 1. The van der Waals surface area contributed by atoms with E-state index in [1.807, 2.05) is 0 Å². The number of fused-ring (bicyclic) bond motifs is 1. The molecule has 0 amide bonds. The first kappa shape index (κ1) is 16.7. The summed E-state index contributed by atoms with van der Waals surface area (Å²) in [6.45, 7) is 2.81. The Bertz CT molecular complexity index is 512. The number of carbonyl (C=O) groups excluding carboxylic acids is 1. The Morgan fingerprint density at radius 3 is 3.10 bits per heavy atom. The van der Waals surface area contributed by atoms with Crippen molar-refractivity contribution in [3.63, 3.8) is 0 Å². The number of benzene rings is 1. The smallest absolute Gasteiger partial charge is 0.461 e. The van der Waals surface area contributed by atoms with E-state index >= 15 is 0 Å². The molecular weight excluding hydrogens is 310 g/mol. The second-order valence-corrected chi connectivity index (χ2v) is 6.43. The highest BCUT2D eigenvalue weighted by Gasteiger charge is 2.29. The van der Waals surface area contributed by atoms with Crippen LogP contribution in [0.1, 0.15) is 35.7 Å². The van der Waals surface area contributed by atoms with Gasteiger partial charge in [-0.25, -0.2) is 4.79 Å². The molecule has 0 spiro atoms. The minimum atomic E-state index is -0.992. The summed E-state index contributed by atoms with van der Waals surface area (Å²) in [5.41, 5.74) is 1.67. The van der Waals surface area contributed by atoms with Crippen LogP contribution in [0, 0.1) is 0 Å². The topological polar surface area (TPSA) is 55.8 Å². The Morgan fingerprint density at radius 1 is 1.52 bits per heavy atom. The van der Waals surface area contributed by atoms with E-state index in [2.05, 4.69) is 6.92 Å². The van der Waals surface area contributed by atoms with Crippen molar-refractivity contribution in [2.75, 3.05) is 18.1 Å². The number of halogens is 1. The molecule has 1 aromatic rings. The normalized spacial score (nSPS) is 13.4. The number of hydrogen-bond acceptors (Lipinski definition) is 5. The standard InChI is InChI=1S/C14H18BClO4S/c1-2-3-5-21-6-4-19-14(17)11-8-12-10(7-13(11)16)9-20-15(12)18/h7-8,18H,2-6,9H2,1H3. The largest absolute Gasteiger partial charge is 0.491 e. The van der Waals surface area contributed by atoms with Crippen molar-refractivity contribution >= 4 is 41.9 Å². The molecule has 21 heavy (non-hydrogen) atoms. The van der Waals surface area contributed by atoms with Crippen molar-refractivity contribution in [1.29, 1.82) is 0 Å². The third-order valence-corrected chi connectivity index (χ3v) is 4.56. The van der Waals surface area contributed by atoms with Crippen LogP contribution in [0.5, 0.6) is 0 Å². The van der Waals surface area contributed by atoms with E-state index in [1.165, 1.54) is 12.8 Å². The average molecular weight is 329 g/mol. The Balaban J connectivity index is 1.89. The van der Waals surface area contributed by atoms with E-state index in [0.717, 1.165) is 17.1 Å². The third kappa shape index (κ3) is 4.39. The maximum atomic E-state index is 12.0. The first-order valence-corrected chi connectivity index (χ1v) is 8.53. The van der Waals surface area contributed by atoms with Gasteiger partial charge < -0.3 is 14.4 Å². The summed E-state index contributed by atoms with van der Waals surface area (Å²) in [7, 11) is -0.992. The number of thioether (sulfide) groups is 1. The van der Waals surface area contributed by atoms with Crippen LogP contribution in [0.2, 0.25) is 5.02 Å². The van der Waals surface area contributed by atoms with Crippen molar-refractivity contribution in [3.05, 3.63) is 28.3 Å². The van der Waals surface area contributed by atoms with Crippen LogP contribution in [0.15, 0.2) is 12.1 Å². The van der Waals surface area contributed by atoms with E-state index in [1.54, 1.807) is 23.9 Å². The van der Waals surface area contributed by atoms with Crippen molar-refractivity contribution in [2.24, 2.45) is 0 Å². The predicted octanol–water partition coefficient (Wildman–Crippen LogP) is 2.25. The predicted molar refractivity (Wildman–Crippen MR) is 86.4 cm³/mol. The van der Waals surface area contributed by atoms with Gasteiger partial charge in [0.1, 0.15) is 6.61 Å². The quantitative estimate of drug-likeness (QED) is 0.473. The summed E-state index contributed by atoms with van der Waals surface area (Å²) in [5.74, 6) is 1.40. The van der Waals surface area contributed by atoms with Gasteiger partial charge in [0.05, 0.1) is 17.2 Å². The highest BCUT2D eigenvalue weighted by Crippen LogP contribution is 2.21. The highest BCUT2D eigenvalue weighted by molar-refractivity contribution is 7.99. The van der Waals surface area contributed by atoms with Crippen LogP contribution in [0.25, 0.3) is 0 Å². The Morgan fingerprint density at radius 2 is 2.33 bits per heavy atom. The molecule has 4 nitrogen and oxygen atoms in total. The Kier molecular flexibility index (Phi) is 6.42. The molecule has 1 aliphatic heterocycles. The monoisotopic (exact) mass is 328 g/mol. The second kappa shape index (κ2) is 8.08. The lowest BCUT2D eigenvalue weighted by Gasteiger charge is -2.08. The molecule has 1 N–H and O–H groups in total. The van der Waals surface area contributed by atoms with Crippen molar-refractivity contribution in [1.82, 2.24) is 0 Å². The number of ether oxygens (including phenoxy) is 1. The van der Waals surface area contributed by atoms with Gasteiger partial charge in [-0.1, -0.05) is 24.9 Å². The zero-order chi connectivity index (χ0) is 15.2. The summed E-state index contributed by atoms with van der Waals surface area (Å²) in [5, 5.41) is 9.98. The number of rotatable bonds is 7. The van der Waals surface area contributed by atoms with E-state index < -0.39 is 13.1 Å². The fraction of sp³-hybridized carbons (Fsp3) is 0.500. The third-order valence-electron chi connectivity index (χ3n) is 3.21. The molecule has 7 heteroatoms. The van der Waals surface area contributed by atoms with Gasteiger partial charge in [-0.05, 0) is 35.3 Å². The molecule has 1 aliphatic rings. The molecule has 0 aromatic heterocycles. The van der Waals surface area contributed by atoms with Gasteiger partial charge in [0, 0.05) is 5.75 Å². The lowest BCUT2D eigenvalue weighted by atomic mass is 9.79. The van der Waals surface area contributed by atoms with Crippen LogP contribution >= 0.6 is 23.4 Å². The SMILES string of the molecule is CCCCSCCOC(=O)c1cc2c(cc1Cl)COB2O. The molecule has 2 rings (SSSR count). The lowest BCUT2D eigenvalue weighted by molar-refractivity contribution is 0.0530. The molecule has 0 aliphatic carbocycles. The fourth-order valence-corrected chi connectivity index (χ4v) is 3.18. The Labute approximate surface area is 134 Å². The molecule has 1 heterocycles. The van der Waals surface area contributed by atoms with Gasteiger partial charge in [-0.2, -0.15) is 11.8 Å². The number of esters is 1.